The lowest BCUT2D eigenvalue weighted by Gasteiger charge is -2.16. The van der Waals surface area contributed by atoms with Gasteiger partial charge in [0, 0.05) is 19.1 Å². The van der Waals surface area contributed by atoms with Crippen LogP contribution in [0.15, 0.2) is 23.1 Å². The molecule has 0 radical (unpaired) electrons. The van der Waals surface area contributed by atoms with Crippen LogP contribution in [0.1, 0.15) is 44.1 Å². The lowest BCUT2D eigenvalue weighted by atomic mass is 10.1. The molecule has 5 nitrogen and oxygen atoms in total. The maximum atomic E-state index is 12.5. The van der Waals surface area contributed by atoms with Gasteiger partial charge in [-0.15, -0.1) is 0 Å². The Hall–Kier alpha value is -1.11. The van der Waals surface area contributed by atoms with Gasteiger partial charge >= 0.3 is 0 Å². The van der Waals surface area contributed by atoms with E-state index < -0.39 is 10.0 Å². The molecule has 0 aliphatic heterocycles. The van der Waals surface area contributed by atoms with Crippen LogP contribution in [0.3, 0.4) is 0 Å². The minimum Gasteiger partial charge on any atom is -0.495 e. The van der Waals surface area contributed by atoms with Crippen molar-refractivity contribution in [2.75, 3.05) is 20.2 Å². The summed E-state index contributed by atoms with van der Waals surface area (Å²) < 4.78 is 32.7. The number of aryl methyl sites for hydroxylation is 1. The molecule has 6 heteroatoms. The molecule has 130 valence electrons. The fourth-order valence-electron chi connectivity index (χ4n) is 3.02. The monoisotopic (exact) mass is 340 g/mol. The molecular weight excluding hydrogens is 312 g/mol. The zero-order valence-electron chi connectivity index (χ0n) is 14.1. The van der Waals surface area contributed by atoms with E-state index in [1.807, 2.05) is 13.0 Å². The predicted molar refractivity (Wildman–Crippen MR) is 92.4 cm³/mol. The smallest absolute Gasteiger partial charge is 0.244 e. The Morgan fingerprint density at radius 2 is 1.83 bits per heavy atom. The summed E-state index contributed by atoms with van der Waals surface area (Å²) in [5, 5.41) is 3.47. The fraction of sp³-hybridized carbons (Fsp3) is 0.647. The largest absolute Gasteiger partial charge is 0.495 e. The van der Waals surface area contributed by atoms with E-state index in [0.717, 1.165) is 5.56 Å². The number of sulfonamides is 1. The van der Waals surface area contributed by atoms with Crippen LogP contribution < -0.4 is 14.8 Å². The number of hydrogen-bond donors (Lipinski definition) is 2. The molecule has 0 spiro atoms. The number of benzene rings is 1. The molecule has 0 saturated heterocycles. The molecule has 0 heterocycles. The topological polar surface area (TPSA) is 67.4 Å². The third-order valence-electron chi connectivity index (χ3n) is 4.31. The van der Waals surface area contributed by atoms with E-state index in [0.29, 0.717) is 24.9 Å². The molecule has 0 unspecified atom stereocenters. The highest BCUT2D eigenvalue weighted by Crippen LogP contribution is 2.24. The highest BCUT2D eigenvalue weighted by atomic mass is 32.2. The minimum atomic E-state index is -3.55. The third-order valence-corrected chi connectivity index (χ3v) is 5.80. The first-order valence-corrected chi connectivity index (χ1v) is 9.89. The van der Waals surface area contributed by atoms with E-state index in [2.05, 4.69) is 10.0 Å². The Kier molecular flexibility index (Phi) is 6.87. The van der Waals surface area contributed by atoms with Gasteiger partial charge < -0.3 is 10.1 Å². The number of methoxy groups -OCH3 is 1. The molecular formula is C17H28N2O3S. The highest BCUT2D eigenvalue weighted by Gasteiger charge is 2.19. The second-order valence-electron chi connectivity index (χ2n) is 6.19. The zero-order chi connectivity index (χ0) is 16.7. The molecule has 1 aliphatic rings. The summed E-state index contributed by atoms with van der Waals surface area (Å²) in [7, 11) is -2.07. The van der Waals surface area contributed by atoms with Crippen LogP contribution in [0.25, 0.3) is 0 Å². The Labute approximate surface area is 139 Å². The minimum absolute atomic E-state index is 0.203. The average Bonchev–Trinajstić information content (AvgIpc) is 2.80. The van der Waals surface area contributed by atoms with Gasteiger partial charge in [-0.25, -0.2) is 13.1 Å². The van der Waals surface area contributed by atoms with Crippen LogP contribution in [0.4, 0.5) is 0 Å². The average molecular weight is 340 g/mol. The number of hydrogen-bond acceptors (Lipinski definition) is 4. The van der Waals surface area contributed by atoms with Crippen molar-refractivity contribution in [2.24, 2.45) is 0 Å². The molecule has 0 bridgehead atoms. The summed E-state index contributed by atoms with van der Waals surface area (Å²) in [5.41, 5.74) is 0.891. The number of nitrogens with one attached hydrogen (secondary N) is 2. The van der Waals surface area contributed by atoms with E-state index >= 15 is 0 Å². The number of ether oxygens (including phenoxy) is 1. The predicted octanol–water partition coefficient (Wildman–Crippen LogP) is 2.59. The summed E-state index contributed by atoms with van der Waals surface area (Å²) in [6.45, 7) is 2.90. The molecule has 1 fully saturated rings. The van der Waals surface area contributed by atoms with Crippen LogP contribution in [-0.2, 0) is 10.0 Å². The summed E-state index contributed by atoms with van der Waals surface area (Å²) >= 11 is 0. The van der Waals surface area contributed by atoms with Crippen molar-refractivity contribution in [3.63, 3.8) is 0 Å². The molecule has 1 aromatic carbocycles. The van der Waals surface area contributed by atoms with E-state index in [9.17, 15) is 8.42 Å². The van der Waals surface area contributed by atoms with Crippen molar-refractivity contribution in [3.05, 3.63) is 23.8 Å². The lowest BCUT2D eigenvalue weighted by molar-refractivity contribution is 0.402. The molecule has 0 atom stereocenters. The Morgan fingerprint density at radius 3 is 2.48 bits per heavy atom. The van der Waals surface area contributed by atoms with E-state index in [-0.39, 0.29) is 4.90 Å². The first-order chi connectivity index (χ1) is 11.0. The molecule has 0 aromatic heterocycles. The second kappa shape index (κ2) is 8.66. The van der Waals surface area contributed by atoms with Gasteiger partial charge in [0.05, 0.1) is 7.11 Å². The van der Waals surface area contributed by atoms with Gasteiger partial charge in [-0.05, 0) is 37.5 Å². The summed E-state index contributed by atoms with van der Waals surface area (Å²) in [6, 6.07) is 5.69. The highest BCUT2D eigenvalue weighted by molar-refractivity contribution is 7.89. The van der Waals surface area contributed by atoms with Gasteiger partial charge in [-0.1, -0.05) is 31.7 Å². The van der Waals surface area contributed by atoms with Crippen molar-refractivity contribution in [3.8, 4) is 5.75 Å². The Bertz CT molecular complexity index is 594. The van der Waals surface area contributed by atoms with Crippen LogP contribution in [0, 0.1) is 6.92 Å². The van der Waals surface area contributed by atoms with Gasteiger partial charge in [-0.2, -0.15) is 0 Å². The Balaban J connectivity index is 1.88. The number of rotatable bonds is 7. The second-order valence-corrected chi connectivity index (χ2v) is 7.93. The van der Waals surface area contributed by atoms with E-state index in [1.54, 1.807) is 12.1 Å². The summed E-state index contributed by atoms with van der Waals surface area (Å²) in [4.78, 5) is 0.203. The standard InChI is InChI=1S/C17H28N2O3S/c1-14-9-10-16(22-2)17(13-14)23(20,21)19-12-11-18-15-7-5-3-4-6-8-15/h9-10,13,15,18-19H,3-8,11-12H2,1-2H3. The quantitative estimate of drug-likeness (QED) is 0.591. The fourth-order valence-corrected chi connectivity index (χ4v) is 4.30. The normalized spacial score (nSPS) is 17.0. The summed E-state index contributed by atoms with van der Waals surface area (Å²) in [6.07, 6.45) is 7.56. The van der Waals surface area contributed by atoms with Gasteiger partial charge in [0.25, 0.3) is 0 Å². The molecule has 0 amide bonds. The van der Waals surface area contributed by atoms with Crippen LogP contribution in [-0.4, -0.2) is 34.7 Å². The van der Waals surface area contributed by atoms with E-state index in [4.69, 9.17) is 4.74 Å². The van der Waals surface area contributed by atoms with Crippen molar-refractivity contribution in [2.45, 2.75) is 56.4 Å². The molecule has 23 heavy (non-hydrogen) atoms. The van der Waals surface area contributed by atoms with Crippen molar-refractivity contribution in [1.29, 1.82) is 0 Å². The molecule has 2 N–H and O–H groups in total. The van der Waals surface area contributed by atoms with Gasteiger partial charge in [-0.3, -0.25) is 0 Å². The molecule has 2 rings (SSSR count). The zero-order valence-corrected chi connectivity index (χ0v) is 14.9. The van der Waals surface area contributed by atoms with Gasteiger partial charge in [0.2, 0.25) is 10.0 Å². The third kappa shape index (κ3) is 5.48. The lowest BCUT2D eigenvalue weighted by Crippen LogP contribution is -2.37. The molecule has 1 saturated carbocycles. The van der Waals surface area contributed by atoms with Crippen LogP contribution in [0.2, 0.25) is 0 Å². The first-order valence-electron chi connectivity index (χ1n) is 8.40. The maximum Gasteiger partial charge on any atom is 0.244 e. The van der Waals surface area contributed by atoms with Crippen LogP contribution >= 0.6 is 0 Å². The van der Waals surface area contributed by atoms with Crippen molar-refractivity contribution >= 4 is 10.0 Å². The first kappa shape index (κ1) is 18.2. The SMILES string of the molecule is COc1ccc(C)cc1S(=O)(=O)NCCNC1CCCCCC1. The Morgan fingerprint density at radius 1 is 1.13 bits per heavy atom. The molecule has 1 aliphatic carbocycles. The molecule has 1 aromatic rings. The van der Waals surface area contributed by atoms with Crippen molar-refractivity contribution in [1.82, 2.24) is 10.0 Å². The van der Waals surface area contributed by atoms with Gasteiger partial charge in [0.15, 0.2) is 0 Å². The van der Waals surface area contributed by atoms with Gasteiger partial charge in [0.1, 0.15) is 10.6 Å². The maximum absolute atomic E-state index is 12.5. The van der Waals surface area contributed by atoms with Crippen LogP contribution in [0.5, 0.6) is 5.75 Å². The summed E-state index contributed by atoms with van der Waals surface area (Å²) in [5.74, 6) is 0.375. The van der Waals surface area contributed by atoms with Crippen molar-refractivity contribution < 1.29 is 13.2 Å². The van der Waals surface area contributed by atoms with E-state index in [1.165, 1.54) is 45.6 Å².